The van der Waals surface area contributed by atoms with Gasteiger partial charge in [0.1, 0.15) is 5.75 Å². The van der Waals surface area contributed by atoms with Crippen LogP contribution in [0.15, 0.2) is 54.6 Å². The lowest BCUT2D eigenvalue weighted by molar-refractivity contribution is 0.292. The van der Waals surface area contributed by atoms with Gasteiger partial charge in [-0.3, -0.25) is 4.98 Å². The van der Waals surface area contributed by atoms with Crippen LogP contribution in [0.1, 0.15) is 39.3 Å². The predicted molar refractivity (Wildman–Crippen MR) is 119 cm³/mol. The Morgan fingerprint density at radius 3 is 2.68 bits per heavy atom. The van der Waals surface area contributed by atoms with Gasteiger partial charge in [-0.1, -0.05) is 31.2 Å². The zero-order valence-corrected chi connectivity index (χ0v) is 17.4. The molecule has 0 radical (unpaired) electrons. The van der Waals surface area contributed by atoms with Gasteiger partial charge in [0.2, 0.25) is 0 Å². The lowest BCUT2D eigenvalue weighted by Crippen LogP contribution is -2.39. The van der Waals surface area contributed by atoms with Crippen molar-refractivity contribution < 1.29 is 4.74 Å². The third-order valence-corrected chi connectivity index (χ3v) is 5.03. The minimum Gasteiger partial charge on any atom is -0.493 e. The van der Waals surface area contributed by atoms with Crippen LogP contribution >= 0.6 is 0 Å². The molecule has 0 aliphatic heterocycles. The summed E-state index contributed by atoms with van der Waals surface area (Å²) in [6.07, 6.45) is 2.10. The van der Waals surface area contributed by atoms with Gasteiger partial charge >= 0.3 is 0 Å². The van der Waals surface area contributed by atoms with Crippen LogP contribution in [-0.4, -0.2) is 23.7 Å². The fraction of sp³-hybridized carbons (Fsp3) is 0.375. The van der Waals surface area contributed by atoms with Gasteiger partial charge < -0.3 is 15.4 Å². The van der Waals surface area contributed by atoms with Crippen molar-refractivity contribution in [2.24, 2.45) is 0 Å². The summed E-state index contributed by atoms with van der Waals surface area (Å²) in [4.78, 5) is 4.61. The molecule has 2 N–H and O–H groups in total. The van der Waals surface area contributed by atoms with Gasteiger partial charge in [-0.15, -0.1) is 0 Å². The van der Waals surface area contributed by atoms with Crippen LogP contribution in [0, 0.1) is 6.92 Å². The molecule has 1 aromatic heterocycles. The summed E-state index contributed by atoms with van der Waals surface area (Å²) >= 11 is 0. The molecular weight excluding hydrogens is 346 g/mol. The van der Waals surface area contributed by atoms with E-state index in [-0.39, 0.29) is 5.54 Å². The summed E-state index contributed by atoms with van der Waals surface area (Å²) in [5.41, 5.74) is 4.26. The Morgan fingerprint density at radius 2 is 1.86 bits per heavy atom. The molecule has 3 rings (SSSR count). The first-order valence-electron chi connectivity index (χ1n) is 10.1. The number of ether oxygens (including phenoxy) is 1. The molecule has 1 heterocycles. The van der Waals surface area contributed by atoms with Crippen molar-refractivity contribution in [1.29, 1.82) is 0 Å². The third-order valence-electron chi connectivity index (χ3n) is 5.03. The number of para-hydroxylation sites is 1. The fourth-order valence-corrected chi connectivity index (χ4v) is 3.04. The minimum absolute atomic E-state index is 0.190. The van der Waals surface area contributed by atoms with E-state index in [1.54, 1.807) is 0 Å². The molecule has 0 fully saturated rings. The maximum atomic E-state index is 5.95. The van der Waals surface area contributed by atoms with Crippen molar-refractivity contribution in [3.63, 3.8) is 0 Å². The van der Waals surface area contributed by atoms with E-state index in [1.165, 1.54) is 0 Å². The van der Waals surface area contributed by atoms with Gasteiger partial charge in [-0.25, -0.2) is 0 Å². The van der Waals surface area contributed by atoms with Crippen molar-refractivity contribution >= 4 is 22.3 Å². The third kappa shape index (κ3) is 5.46. The van der Waals surface area contributed by atoms with Gasteiger partial charge in [0, 0.05) is 34.1 Å². The molecule has 0 aliphatic rings. The summed E-state index contributed by atoms with van der Waals surface area (Å²) < 4.78 is 5.95. The van der Waals surface area contributed by atoms with E-state index in [0.29, 0.717) is 6.61 Å². The molecule has 4 nitrogen and oxygen atoms in total. The Morgan fingerprint density at radius 1 is 1.04 bits per heavy atom. The van der Waals surface area contributed by atoms with Crippen LogP contribution in [0.3, 0.4) is 0 Å². The lowest BCUT2D eigenvalue weighted by Gasteiger charge is -2.24. The number of hydrogen-bond acceptors (Lipinski definition) is 4. The van der Waals surface area contributed by atoms with Gasteiger partial charge in [-0.2, -0.15) is 0 Å². The molecule has 0 bridgehead atoms. The highest BCUT2D eigenvalue weighted by atomic mass is 16.5. The van der Waals surface area contributed by atoms with E-state index in [1.807, 2.05) is 43.3 Å². The Hall–Kier alpha value is -2.59. The summed E-state index contributed by atoms with van der Waals surface area (Å²) in [5.74, 6) is 0.884. The van der Waals surface area contributed by atoms with Crippen molar-refractivity contribution in [3.8, 4) is 5.75 Å². The number of pyridine rings is 1. The number of fused-ring (bicyclic) bond motifs is 1. The Labute approximate surface area is 168 Å². The monoisotopic (exact) mass is 377 g/mol. The molecule has 4 heteroatoms. The molecule has 148 valence electrons. The Bertz CT molecular complexity index is 921. The summed E-state index contributed by atoms with van der Waals surface area (Å²) in [5, 5.41) is 8.20. The fourth-order valence-electron chi connectivity index (χ4n) is 3.04. The van der Waals surface area contributed by atoms with Crippen molar-refractivity contribution in [1.82, 2.24) is 10.3 Å². The predicted octanol–water partition coefficient (Wildman–Crippen LogP) is 5.83. The normalized spacial score (nSPS) is 11.6. The second-order valence-corrected chi connectivity index (χ2v) is 7.85. The van der Waals surface area contributed by atoms with Crippen molar-refractivity contribution in [2.45, 2.75) is 46.1 Å². The van der Waals surface area contributed by atoms with Crippen molar-refractivity contribution in [3.05, 3.63) is 60.3 Å². The molecular formula is C24H31N3O. The molecule has 0 unspecified atom stereocenters. The second-order valence-electron chi connectivity index (χ2n) is 7.85. The molecule has 0 spiro atoms. The minimum atomic E-state index is 0.190. The zero-order valence-electron chi connectivity index (χ0n) is 17.4. The number of aromatic nitrogens is 1. The second kappa shape index (κ2) is 9.07. The van der Waals surface area contributed by atoms with E-state index in [4.69, 9.17) is 4.74 Å². The van der Waals surface area contributed by atoms with Gasteiger partial charge in [0.25, 0.3) is 0 Å². The highest BCUT2D eigenvalue weighted by molar-refractivity contribution is 5.93. The summed E-state index contributed by atoms with van der Waals surface area (Å²) in [7, 11) is 0. The summed E-state index contributed by atoms with van der Waals surface area (Å²) in [6.45, 7) is 10.3. The van der Waals surface area contributed by atoms with E-state index in [0.717, 1.165) is 53.1 Å². The van der Waals surface area contributed by atoms with Crippen molar-refractivity contribution in [2.75, 3.05) is 18.5 Å². The van der Waals surface area contributed by atoms with E-state index in [9.17, 15) is 0 Å². The number of nitrogens with zero attached hydrogens (tertiary/aromatic N) is 1. The lowest BCUT2D eigenvalue weighted by atomic mass is 10.0. The van der Waals surface area contributed by atoms with Gasteiger partial charge in [0.15, 0.2) is 0 Å². The SMILES string of the molecule is CCC(C)(C)NCCCOc1cccc(Nc2cc(C)nc3ccccc23)c1. The van der Waals surface area contributed by atoms with Crippen LogP contribution in [-0.2, 0) is 0 Å². The average Bonchev–Trinajstić information content (AvgIpc) is 2.68. The van der Waals surface area contributed by atoms with Gasteiger partial charge in [-0.05, 0) is 64.4 Å². The number of hydrogen-bond donors (Lipinski definition) is 2. The van der Waals surface area contributed by atoms with Gasteiger partial charge in [0.05, 0.1) is 12.1 Å². The number of aryl methyl sites for hydroxylation is 1. The molecule has 0 saturated carbocycles. The Kier molecular flexibility index (Phi) is 6.53. The molecule has 0 aliphatic carbocycles. The number of nitrogens with one attached hydrogen (secondary N) is 2. The molecule has 2 aromatic carbocycles. The smallest absolute Gasteiger partial charge is 0.121 e. The number of rotatable bonds is 9. The van der Waals surface area contributed by atoms with E-state index < -0.39 is 0 Å². The zero-order chi connectivity index (χ0) is 20.0. The highest BCUT2D eigenvalue weighted by Crippen LogP contribution is 2.28. The number of benzene rings is 2. The standard InChI is InChI=1S/C24H31N3O/c1-5-24(3,4)25-14-9-15-28-20-11-8-10-19(17-20)27-23-16-18(2)26-22-13-7-6-12-21(22)23/h6-8,10-13,16-17,25H,5,9,14-15H2,1-4H3,(H,26,27). The van der Waals surface area contributed by atoms with Crippen LogP contribution in [0.4, 0.5) is 11.4 Å². The highest BCUT2D eigenvalue weighted by Gasteiger charge is 2.12. The first-order chi connectivity index (χ1) is 13.5. The van der Waals surface area contributed by atoms with Crippen LogP contribution < -0.4 is 15.4 Å². The molecule has 0 saturated heterocycles. The van der Waals surface area contributed by atoms with Crippen LogP contribution in [0.2, 0.25) is 0 Å². The molecule has 0 atom stereocenters. The average molecular weight is 378 g/mol. The van der Waals surface area contributed by atoms with Crippen LogP contribution in [0.25, 0.3) is 10.9 Å². The Balaban J connectivity index is 1.61. The summed E-state index contributed by atoms with van der Waals surface area (Å²) in [6, 6.07) is 18.4. The first kappa shape index (κ1) is 20.2. The molecule has 28 heavy (non-hydrogen) atoms. The largest absolute Gasteiger partial charge is 0.493 e. The van der Waals surface area contributed by atoms with E-state index >= 15 is 0 Å². The number of anilines is 2. The topological polar surface area (TPSA) is 46.2 Å². The quantitative estimate of drug-likeness (QED) is 0.460. The first-order valence-corrected chi connectivity index (χ1v) is 10.1. The maximum absolute atomic E-state index is 5.95. The van der Waals surface area contributed by atoms with E-state index in [2.05, 4.69) is 54.6 Å². The van der Waals surface area contributed by atoms with Crippen LogP contribution in [0.5, 0.6) is 5.75 Å². The maximum Gasteiger partial charge on any atom is 0.121 e. The molecule has 0 amide bonds. The molecule has 3 aromatic rings.